The predicted octanol–water partition coefficient (Wildman–Crippen LogP) is 2.36. The van der Waals surface area contributed by atoms with Crippen molar-refractivity contribution in [1.29, 1.82) is 0 Å². The van der Waals surface area contributed by atoms with Gasteiger partial charge in [0.25, 0.3) is 0 Å². The first-order valence-corrected chi connectivity index (χ1v) is 7.20. The number of ether oxygens (including phenoxy) is 1. The Kier molecular flexibility index (Phi) is 4.84. The maximum absolute atomic E-state index is 12.0. The highest BCUT2D eigenvalue weighted by Crippen LogP contribution is 2.39. The van der Waals surface area contributed by atoms with Gasteiger partial charge < -0.3 is 10.1 Å². The van der Waals surface area contributed by atoms with Crippen LogP contribution >= 0.6 is 0 Å². The lowest BCUT2D eigenvalue weighted by atomic mass is 9.69. The minimum absolute atomic E-state index is 0.0655. The molecule has 0 aromatic heterocycles. The van der Waals surface area contributed by atoms with Crippen LogP contribution in [0.2, 0.25) is 0 Å². The van der Waals surface area contributed by atoms with E-state index in [4.69, 9.17) is 4.74 Å². The van der Waals surface area contributed by atoms with Crippen molar-refractivity contribution < 1.29 is 9.53 Å². The van der Waals surface area contributed by atoms with Gasteiger partial charge in [-0.1, -0.05) is 12.8 Å². The summed E-state index contributed by atoms with van der Waals surface area (Å²) in [5.74, 6) is 1.58. The van der Waals surface area contributed by atoms with E-state index in [9.17, 15) is 4.79 Å². The third-order valence-corrected chi connectivity index (χ3v) is 4.40. The average Bonchev–Trinajstić information content (AvgIpc) is 2.40. The van der Waals surface area contributed by atoms with Gasteiger partial charge in [-0.25, -0.2) is 0 Å². The molecular weight excluding hydrogens is 214 g/mol. The Morgan fingerprint density at radius 3 is 2.59 bits per heavy atom. The fourth-order valence-corrected chi connectivity index (χ4v) is 3.54. The smallest absolute Gasteiger partial charge is 0.309 e. The van der Waals surface area contributed by atoms with Crippen LogP contribution in [0.3, 0.4) is 0 Å². The summed E-state index contributed by atoms with van der Waals surface area (Å²) in [4.78, 5) is 12.0. The number of carbonyl (C=O) groups is 1. The SMILES string of the molecule is CCOC(=O)C1CCCCC1C1CCNCC1. The first-order valence-electron chi connectivity index (χ1n) is 7.20. The lowest BCUT2D eigenvalue weighted by molar-refractivity contribution is -0.152. The zero-order valence-corrected chi connectivity index (χ0v) is 10.9. The molecule has 3 nitrogen and oxygen atoms in total. The minimum Gasteiger partial charge on any atom is -0.466 e. The highest BCUT2D eigenvalue weighted by Gasteiger charge is 2.37. The van der Waals surface area contributed by atoms with Crippen molar-refractivity contribution >= 4 is 5.97 Å². The molecule has 3 heteroatoms. The molecule has 0 amide bonds. The lowest BCUT2D eigenvalue weighted by Gasteiger charge is -2.37. The first kappa shape index (κ1) is 12.9. The molecule has 1 aliphatic carbocycles. The molecule has 1 saturated heterocycles. The van der Waals surface area contributed by atoms with Gasteiger partial charge in [0.15, 0.2) is 0 Å². The minimum atomic E-state index is 0.0655. The van der Waals surface area contributed by atoms with Crippen LogP contribution in [0.25, 0.3) is 0 Å². The van der Waals surface area contributed by atoms with Crippen LogP contribution in [0.4, 0.5) is 0 Å². The summed E-state index contributed by atoms with van der Waals surface area (Å²) < 4.78 is 5.25. The second kappa shape index (κ2) is 6.39. The van der Waals surface area contributed by atoms with Gasteiger partial charge >= 0.3 is 5.97 Å². The van der Waals surface area contributed by atoms with Crippen LogP contribution in [0.1, 0.15) is 45.4 Å². The highest BCUT2D eigenvalue weighted by molar-refractivity contribution is 5.72. The quantitative estimate of drug-likeness (QED) is 0.768. The van der Waals surface area contributed by atoms with E-state index in [1.807, 2.05) is 6.92 Å². The summed E-state index contributed by atoms with van der Waals surface area (Å²) in [5, 5.41) is 3.41. The van der Waals surface area contributed by atoms with E-state index in [1.165, 1.54) is 32.1 Å². The number of hydrogen-bond donors (Lipinski definition) is 1. The Bertz CT molecular complexity index is 249. The molecule has 1 heterocycles. The molecule has 2 aliphatic rings. The van der Waals surface area contributed by atoms with Crippen LogP contribution in [-0.4, -0.2) is 25.7 Å². The van der Waals surface area contributed by atoms with Crippen molar-refractivity contribution in [3.05, 3.63) is 0 Å². The molecule has 98 valence electrons. The van der Waals surface area contributed by atoms with Crippen LogP contribution in [-0.2, 0) is 9.53 Å². The fourth-order valence-electron chi connectivity index (χ4n) is 3.54. The summed E-state index contributed by atoms with van der Waals surface area (Å²) in [6.07, 6.45) is 7.25. The van der Waals surface area contributed by atoms with Crippen LogP contribution in [0.5, 0.6) is 0 Å². The zero-order chi connectivity index (χ0) is 12.1. The molecule has 0 bridgehead atoms. The van der Waals surface area contributed by atoms with E-state index in [1.54, 1.807) is 0 Å². The first-order chi connectivity index (χ1) is 8.33. The maximum atomic E-state index is 12.0. The highest BCUT2D eigenvalue weighted by atomic mass is 16.5. The molecule has 0 radical (unpaired) electrons. The molecule has 1 N–H and O–H groups in total. The van der Waals surface area contributed by atoms with Crippen molar-refractivity contribution in [3.63, 3.8) is 0 Å². The van der Waals surface area contributed by atoms with Crippen LogP contribution < -0.4 is 5.32 Å². The predicted molar refractivity (Wildman–Crippen MR) is 67.7 cm³/mol. The van der Waals surface area contributed by atoms with Gasteiger partial charge in [-0.2, -0.15) is 0 Å². The summed E-state index contributed by atoms with van der Waals surface area (Å²) in [6, 6.07) is 0. The van der Waals surface area contributed by atoms with Gasteiger partial charge in [0, 0.05) is 0 Å². The monoisotopic (exact) mass is 239 g/mol. The molecule has 2 unspecified atom stereocenters. The van der Waals surface area contributed by atoms with Crippen LogP contribution in [0, 0.1) is 17.8 Å². The molecule has 0 spiro atoms. The Morgan fingerprint density at radius 1 is 1.18 bits per heavy atom. The van der Waals surface area contributed by atoms with Crippen molar-refractivity contribution in [2.45, 2.75) is 45.4 Å². The van der Waals surface area contributed by atoms with E-state index in [-0.39, 0.29) is 11.9 Å². The van der Waals surface area contributed by atoms with Gasteiger partial charge in [0.1, 0.15) is 0 Å². The molecular formula is C14H25NO2. The van der Waals surface area contributed by atoms with E-state index in [0.717, 1.165) is 25.4 Å². The number of piperidine rings is 1. The second-order valence-electron chi connectivity index (χ2n) is 5.39. The van der Waals surface area contributed by atoms with E-state index in [2.05, 4.69) is 5.32 Å². The topological polar surface area (TPSA) is 38.3 Å². The van der Waals surface area contributed by atoms with Gasteiger partial charge in [-0.05, 0) is 57.5 Å². The number of hydrogen-bond acceptors (Lipinski definition) is 3. The summed E-state index contributed by atoms with van der Waals surface area (Å²) in [6.45, 7) is 4.67. The van der Waals surface area contributed by atoms with Gasteiger partial charge in [0.2, 0.25) is 0 Å². The Balaban J connectivity index is 1.97. The molecule has 0 aromatic rings. The third-order valence-electron chi connectivity index (χ3n) is 4.40. The fraction of sp³-hybridized carbons (Fsp3) is 0.929. The summed E-state index contributed by atoms with van der Waals surface area (Å²) in [7, 11) is 0. The summed E-state index contributed by atoms with van der Waals surface area (Å²) >= 11 is 0. The normalized spacial score (nSPS) is 31.1. The number of esters is 1. The van der Waals surface area contributed by atoms with Crippen molar-refractivity contribution in [3.8, 4) is 0 Å². The summed E-state index contributed by atoms with van der Waals surface area (Å²) in [5.41, 5.74) is 0. The largest absolute Gasteiger partial charge is 0.466 e. The molecule has 2 atom stereocenters. The molecule has 1 aliphatic heterocycles. The standard InChI is InChI=1S/C14H25NO2/c1-2-17-14(16)13-6-4-3-5-12(13)11-7-9-15-10-8-11/h11-13,15H,2-10H2,1H3. The van der Waals surface area contributed by atoms with Crippen molar-refractivity contribution in [2.75, 3.05) is 19.7 Å². The Labute approximate surface area is 104 Å². The molecule has 2 fully saturated rings. The average molecular weight is 239 g/mol. The van der Waals surface area contributed by atoms with Crippen molar-refractivity contribution in [1.82, 2.24) is 5.32 Å². The maximum Gasteiger partial charge on any atom is 0.309 e. The molecule has 2 rings (SSSR count). The lowest BCUT2D eigenvalue weighted by Crippen LogP contribution is -2.38. The number of rotatable bonds is 3. The number of carbonyl (C=O) groups excluding carboxylic acids is 1. The van der Waals surface area contributed by atoms with Crippen molar-refractivity contribution in [2.24, 2.45) is 17.8 Å². The van der Waals surface area contributed by atoms with Gasteiger partial charge in [-0.15, -0.1) is 0 Å². The van der Waals surface area contributed by atoms with E-state index in [0.29, 0.717) is 12.5 Å². The van der Waals surface area contributed by atoms with Gasteiger partial charge in [0.05, 0.1) is 12.5 Å². The van der Waals surface area contributed by atoms with E-state index < -0.39 is 0 Å². The van der Waals surface area contributed by atoms with Crippen LogP contribution in [0.15, 0.2) is 0 Å². The van der Waals surface area contributed by atoms with Gasteiger partial charge in [-0.3, -0.25) is 4.79 Å². The van der Waals surface area contributed by atoms with E-state index >= 15 is 0 Å². The Morgan fingerprint density at radius 2 is 1.88 bits per heavy atom. The molecule has 17 heavy (non-hydrogen) atoms. The molecule has 0 aromatic carbocycles. The second-order valence-corrected chi connectivity index (χ2v) is 5.39. The number of nitrogens with one attached hydrogen (secondary N) is 1. The zero-order valence-electron chi connectivity index (χ0n) is 10.9. The third kappa shape index (κ3) is 3.21. The Hall–Kier alpha value is -0.570. The molecule has 1 saturated carbocycles.